The van der Waals surface area contributed by atoms with Crippen LogP contribution in [0.25, 0.3) is 0 Å². The minimum absolute atomic E-state index is 0. The van der Waals surface area contributed by atoms with Crippen LogP contribution in [0.5, 0.6) is 0 Å². The van der Waals surface area contributed by atoms with Crippen LogP contribution in [-0.2, 0) is 16.0 Å². The second-order valence-corrected chi connectivity index (χ2v) is 6.05. The van der Waals surface area contributed by atoms with Gasteiger partial charge in [0.2, 0.25) is 0 Å². The Kier molecular flexibility index (Phi) is 14.0. The molecule has 0 saturated heterocycles. The van der Waals surface area contributed by atoms with E-state index in [2.05, 4.69) is 34.7 Å². The van der Waals surface area contributed by atoms with Gasteiger partial charge in [-0.2, -0.15) is 0 Å². The topological polar surface area (TPSA) is 54.9 Å². The predicted molar refractivity (Wildman–Crippen MR) is 105 cm³/mol. The number of unbranched alkanes of at least 4 members (excludes halogenated alkanes) is 1. The number of thiophene rings is 1. The Bertz CT molecular complexity index is 413. The average Bonchev–Trinajstić information content (AvgIpc) is 2.90. The van der Waals surface area contributed by atoms with Crippen LogP contribution in [0.3, 0.4) is 0 Å². The van der Waals surface area contributed by atoms with Crippen LogP contribution in [0, 0.1) is 6.92 Å². The molecule has 5 nitrogen and oxygen atoms in total. The molecule has 0 unspecified atom stereocenters. The number of hydrogen-bond acceptors (Lipinski definition) is 4. The highest BCUT2D eigenvalue weighted by Gasteiger charge is 2.00. The van der Waals surface area contributed by atoms with Crippen molar-refractivity contribution in [1.82, 2.24) is 10.6 Å². The van der Waals surface area contributed by atoms with Gasteiger partial charge in [0.05, 0.1) is 19.8 Å². The van der Waals surface area contributed by atoms with Gasteiger partial charge in [0, 0.05) is 37.1 Å². The number of halogens is 1. The van der Waals surface area contributed by atoms with Crippen molar-refractivity contribution in [2.75, 3.05) is 40.5 Å². The van der Waals surface area contributed by atoms with E-state index in [9.17, 15) is 0 Å². The van der Waals surface area contributed by atoms with Crippen LogP contribution in [0.4, 0.5) is 0 Å². The van der Waals surface area contributed by atoms with Crippen LogP contribution < -0.4 is 10.6 Å². The van der Waals surface area contributed by atoms with E-state index in [-0.39, 0.29) is 24.0 Å². The van der Waals surface area contributed by atoms with E-state index in [0.29, 0.717) is 13.2 Å². The Labute approximate surface area is 154 Å². The number of nitrogens with one attached hydrogen (secondary N) is 2. The summed E-state index contributed by atoms with van der Waals surface area (Å²) < 4.78 is 10.3. The summed E-state index contributed by atoms with van der Waals surface area (Å²) >= 11 is 1.81. The van der Waals surface area contributed by atoms with E-state index in [1.165, 1.54) is 9.75 Å². The van der Waals surface area contributed by atoms with Crippen LogP contribution >= 0.6 is 35.3 Å². The molecule has 0 aliphatic rings. The molecule has 1 aromatic heterocycles. The fourth-order valence-electron chi connectivity index (χ4n) is 1.75. The molecule has 7 heteroatoms. The van der Waals surface area contributed by atoms with Gasteiger partial charge < -0.3 is 20.1 Å². The Morgan fingerprint density at radius 1 is 1.18 bits per heavy atom. The van der Waals surface area contributed by atoms with Crippen LogP contribution in [-0.4, -0.2) is 46.5 Å². The summed E-state index contributed by atoms with van der Waals surface area (Å²) in [5, 5.41) is 6.63. The monoisotopic (exact) mass is 441 g/mol. The second kappa shape index (κ2) is 14.2. The van der Waals surface area contributed by atoms with Gasteiger partial charge >= 0.3 is 0 Å². The highest BCUT2D eigenvalue weighted by molar-refractivity contribution is 14.0. The Balaban J connectivity index is 0.00000441. The lowest BCUT2D eigenvalue weighted by molar-refractivity contribution is 0.0689. The van der Waals surface area contributed by atoms with Gasteiger partial charge in [-0.3, -0.25) is 4.99 Å². The Morgan fingerprint density at radius 2 is 2.00 bits per heavy atom. The van der Waals surface area contributed by atoms with E-state index in [1.54, 1.807) is 14.2 Å². The summed E-state index contributed by atoms with van der Waals surface area (Å²) in [6.45, 7) is 5.96. The lowest BCUT2D eigenvalue weighted by Crippen LogP contribution is -2.37. The van der Waals surface area contributed by atoms with Gasteiger partial charge in [0.25, 0.3) is 0 Å². The van der Waals surface area contributed by atoms with Crippen molar-refractivity contribution in [3.63, 3.8) is 0 Å². The Hall–Kier alpha value is -0.380. The lowest BCUT2D eigenvalue weighted by Gasteiger charge is -2.11. The van der Waals surface area contributed by atoms with Crippen molar-refractivity contribution in [3.05, 3.63) is 21.9 Å². The number of ether oxygens (including phenoxy) is 2. The van der Waals surface area contributed by atoms with Crippen molar-refractivity contribution >= 4 is 41.3 Å². The molecule has 0 radical (unpaired) electrons. The Morgan fingerprint density at radius 3 is 2.64 bits per heavy atom. The minimum Gasteiger partial charge on any atom is -0.382 e. The minimum atomic E-state index is 0. The quantitative estimate of drug-likeness (QED) is 0.254. The van der Waals surface area contributed by atoms with Gasteiger partial charge in [-0.15, -0.1) is 35.3 Å². The molecule has 0 aliphatic heterocycles. The molecule has 128 valence electrons. The first-order chi connectivity index (χ1) is 10.3. The van der Waals surface area contributed by atoms with Crippen LogP contribution in [0.15, 0.2) is 17.1 Å². The molecule has 22 heavy (non-hydrogen) atoms. The number of aliphatic imine (C=N–C) groups is 1. The molecule has 2 N–H and O–H groups in total. The smallest absolute Gasteiger partial charge is 0.191 e. The maximum absolute atomic E-state index is 5.42. The first-order valence-corrected chi connectivity index (χ1v) is 8.14. The standard InChI is InChI=1S/C15H27N3O2S.HI/c1-13-6-7-14(21-13)12-18-15(16-2)17-8-4-5-9-20-11-10-19-3;/h6-7H,4-5,8-12H2,1-3H3,(H2,16,17,18);1H. The fraction of sp³-hybridized carbons (Fsp3) is 0.667. The number of hydrogen-bond donors (Lipinski definition) is 2. The summed E-state index contributed by atoms with van der Waals surface area (Å²) in [5.74, 6) is 0.848. The van der Waals surface area contributed by atoms with Gasteiger partial charge in [-0.1, -0.05) is 0 Å². The third kappa shape index (κ3) is 10.4. The van der Waals surface area contributed by atoms with Crippen molar-refractivity contribution in [1.29, 1.82) is 0 Å². The van der Waals surface area contributed by atoms with Crippen LogP contribution in [0.2, 0.25) is 0 Å². The van der Waals surface area contributed by atoms with E-state index in [0.717, 1.165) is 38.5 Å². The summed E-state index contributed by atoms with van der Waals surface area (Å²) in [6.07, 6.45) is 2.10. The molecule has 0 amide bonds. The predicted octanol–water partition coefficient (Wildman–Crippen LogP) is 2.78. The third-order valence-corrected chi connectivity index (χ3v) is 3.89. The molecular weight excluding hydrogens is 413 g/mol. The zero-order valence-corrected chi connectivity index (χ0v) is 16.8. The first kappa shape index (κ1) is 21.6. The molecular formula is C15H28IN3O2S. The molecule has 0 saturated carbocycles. The van der Waals surface area contributed by atoms with E-state index in [1.807, 2.05) is 11.3 Å². The van der Waals surface area contributed by atoms with Crippen LogP contribution in [0.1, 0.15) is 22.6 Å². The summed E-state index contributed by atoms with van der Waals surface area (Å²) in [6, 6.07) is 4.29. The van der Waals surface area contributed by atoms with Gasteiger partial charge in [-0.25, -0.2) is 0 Å². The lowest BCUT2D eigenvalue weighted by atomic mass is 10.3. The van der Waals surface area contributed by atoms with E-state index in [4.69, 9.17) is 9.47 Å². The van der Waals surface area contributed by atoms with E-state index < -0.39 is 0 Å². The first-order valence-electron chi connectivity index (χ1n) is 7.32. The number of aryl methyl sites for hydroxylation is 1. The molecule has 0 fully saturated rings. The third-order valence-electron chi connectivity index (χ3n) is 2.89. The number of nitrogens with zero attached hydrogens (tertiary/aromatic N) is 1. The van der Waals surface area contributed by atoms with Gasteiger partial charge in [0.1, 0.15) is 0 Å². The van der Waals surface area contributed by atoms with Gasteiger partial charge in [-0.05, 0) is 31.9 Å². The van der Waals surface area contributed by atoms with E-state index >= 15 is 0 Å². The number of rotatable bonds is 10. The molecule has 0 spiro atoms. The summed E-state index contributed by atoms with van der Waals surface area (Å²) in [4.78, 5) is 6.88. The average molecular weight is 441 g/mol. The normalized spacial score (nSPS) is 11.1. The van der Waals surface area contributed by atoms with Crippen molar-refractivity contribution in [2.45, 2.75) is 26.3 Å². The molecule has 1 aromatic rings. The molecule has 1 rings (SSSR count). The highest BCUT2D eigenvalue weighted by Crippen LogP contribution is 2.14. The maximum Gasteiger partial charge on any atom is 0.191 e. The van der Waals surface area contributed by atoms with Gasteiger partial charge in [0.15, 0.2) is 5.96 Å². The van der Waals surface area contributed by atoms with Crippen molar-refractivity contribution in [2.24, 2.45) is 4.99 Å². The van der Waals surface area contributed by atoms with Crippen molar-refractivity contribution in [3.8, 4) is 0 Å². The largest absolute Gasteiger partial charge is 0.382 e. The zero-order chi connectivity index (χ0) is 15.3. The fourth-order valence-corrected chi connectivity index (χ4v) is 2.58. The second-order valence-electron chi connectivity index (χ2n) is 4.68. The number of guanidine groups is 1. The molecule has 0 bridgehead atoms. The molecule has 1 heterocycles. The van der Waals surface area contributed by atoms with Crippen molar-refractivity contribution < 1.29 is 9.47 Å². The number of methoxy groups -OCH3 is 1. The summed E-state index contributed by atoms with van der Waals surface area (Å²) in [7, 11) is 3.48. The SMILES string of the molecule is CN=C(NCCCCOCCOC)NCc1ccc(C)s1.I. The summed E-state index contributed by atoms with van der Waals surface area (Å²) in [5.41, 5.74) is 0. The molecule has 0 aromatic carbocycles. The zero-order valence-electron chi connectivity index (χ0n) is 13.7. The molecule has 0 aliphatic carbocycles. The maximum atomic E-state index is 5.42. The molecule has 0 atom stereocenters. The highest BCUT2D eigenvalue weighted by atomic mass is 127.